The second-order valence-corrected chi connectivity index (χ2v) is 7.38. The van der Waals surface area contributed by atoms with Gasteiger partial charge in [-0.2, -0.15) is 5.10 Å². The smallest absolute Gasteiger partial charge is 0.199 e. The summed E-state index contributed by atoms with van der Waals surface area (Å²) in [5.74, 6) is 2.75. The molecule has 0 atom stereocenters. The molecule has 128 valence electrons. The first-order valence-electron chi connectivity index (χ1n) is 8.66. The minimum Gasteiger partial charge on any atom is -0.497 e. The summed E-state index contributed by atoms with van der Waals surface area (Å²) in [6, 6.07) is 8.82. The summed E-state index contributed by atoms with van der Waals surface area (Å²) in [6.07, 6.45) is 5.03. The van der Waals surface area contributed by atoms with Crippen molar-refractivity contribution in [2.75, 3.05) is 14.2 Å². The van der Waals surface area contributed by atoms with Crippen molar-refractivity contribution >= 4 is 12.2 Å². The first kappa shape index (κ1) is 15.8. The molecule has 0 amide bonds. The van der Waals surface area contributed by atoms with Crippen LogP contribution in [0.5, 0.6) is 5.75 Å². The van der Waals surface area contributed by atoms with E-state index in [9.17, 15) is 0 Å². The largest absolute Gasteiger partial charge is 0.497 e. The highest BCUT2D eigenvalue weighted by Crippen LogP contribution is 2.44. The molecule has 2 saturated carbocycles. The van der Waals surface area contributed by atoms with Crippen molar-refractivity contribution in [2.24, 2.45) is 0 Å². The summed E-state index contributed by atoms with van der Waals surface area (Å²) in [4.78, 5) is 2.25. The van der Waals surface area contributed by atoms with Crippen molar-refractivity contribution in [3.63, 3.8) is 0 Å². The third-order valence-corrected chi connectivity index (χ3v) is 5.15. The van der Waals surface area contributed by atoms with Crippen LogP contribution < -0.4 is 4.74 Å². The SMILES string of the molecule is COc1ccc(CN(C)Cn2nc(C3CC3)n(C3CC3)c2=S)cc1. The van der Waals surface area contributed by atoms with E-state index in [1.165, 1.54) is 37.1 Å². The molecule has 0 saturated heterocycles. The zero-order valence-corrected chi connectivity index (χ0v) is 15.1. The van der Waals surface area contributed by atoms with Gasteiger partial charge >= 0.3 is 0 Å². The molecule has 0 N–H and O–H groups in total. The van der Waals surface area contributed by atoms with Gasteiger partial charge in [-0.1, -0.05) is 12.1 Å². The number of methoxy groups -OCH3 is 1. The fourth-order valence-electron chi connectivity index (χ4n) is 3.15. The number of hydrogen-bond donors (Lipinski definition) is 0. The number of ether oxygens (including phenoxy) is 1. The lowest BCUT2D eigenvalue weighted by molar-refractivity contribution is 0.243. The van der Waals surface area contributed by atoms with Gasteiger partial charge in [0.25, 0.3) is 0 Å². The van der Waals surface area contributed by atoms with Crippen LogP contribution in [0.3, 0.4) is 0 Å². The Morgan fingerprint density at radius 1 is 1.21 bits per heavy atom. The molecule has 1 aromatic carbocycles. The van der Waals surface area contributed by atoms with Crippen molar-refractivity contribution in [1.29, 1.82) is 0 Å². The standard InChI is InChI=1S/C18H24N4OS/c1-20(11-13-3-9-16(23-2)10-4-13)12-21-18(24)22(15-7-8-15)17(19-21)14-5-6-14/h3-4,9-10,14-15H,5-8,11-12H2,1-2H3. The normalized spacial score (nSPS) is 17.5. The average Bonchev–Trinajstić information content (AvgIpc) is 3.48. The Balaban J connectivity index is 1.48. The lowest BCUT2D eigenvalue weighted by Gasteiger charge is -2.16. The van der Waals surface area contributed by atoms with Gasteiger partial charge in [0, 0.05) is 18.5 Å². The molecule has 4 rings (SSSR count). The van der Waals surface area contributed by atoms with Crippen LogP contribution in [-0.4, -0.2) is 33.4 Å². The summed E-state index contributed by atoms with van der Waals surface area (Å²) in [5, 5.41) is 4.86. The molecule has 2 aliphatic rings. The van der Waals surface area contributed by atoms with Gasteiger partial charge in [-0.25, -0.2) is 4.68 Å². The summed E-state index contributed by atoms with van der Waals surface area (Å²) >= 11 is 5.71. The van der Waals surface area contributed by atoms with Crippen LogP contribution in [-0.2, 0) is 13.2 Å². The zero-order valence-electron chi connectivity index (χ0n) is 14.3. The van der Waals surface area contributed by atoms with E-state index in [0.717, 1.165) is 23.7 Å². The molecule has 24 heavy (non-hydrogen) atoms. The van der Waals surface area contributed by atoms with Crippen LogP contribution in [0.1, 0.15) is 49.0 Å². The van der Waals surface area contributed by atoms with Gasteiger partial charge < -0.3 is 9.30 Å². The van der Waals surface area contributed by atoms with Crippen LogP contribution in [0.25, 0.3) is 0 Å². The van der Waals surface area contributed by atoms with Gasteiger partial charge in [0.05, 0.1) is 13.8 Å². The van der Waals surface area contributed by atoms with Crippen LogP contribution in [0.2, 0.25) is 0 Å². The van der Waals surface area contributed by atoms with Crippen molar-refractivity contribution in [3.05, 3.63) is 40.4 Å². The second-order valence-electron chi connectivity index (χ2n) is 7.02. The minimum absolute atomic E-state index is 0.605. The lowest BCUT2D eigenvalue weighted by atomic mass is 10.2. The highest BCUT2D eigenvalue weighted by molar-refractivity contribution is 7.71. The average molecular weight is 344 g/mol. The van der Waals surface area contributed by atoms with E-state index in [4.69, 9.17) is 22.1 Å². The maximum Gasteiger partial charge on any atom is 0.199 e. The van der Waals surface area contributed by atoms with Crippen molar-refractivity contribution in [3.8, 4) is 5.75 Å². The molecular formula is C18H24N4OS. The molecule has 1 aromatic heterocycles. The first-order chi connectivity index (χ1) is 11.7. The van der Waals surface area contributed by atoms with Crippen molar-refractivity contribution in [2.45, 2.75) is 50.9 Å². The zero-order chi connectivity index (χ0) is 16.7. The van der Waals surface area contributed by atoms with E-state index in [2.05, 4.69) is 28.6 Å². The molecule has 0 radical (unpaired) electrons. The van der Waals surface area contributed by atoms with Gasteiger partial charge in [0.1, 0.15) is 11.6 Å². The van der Waals surface area contributed by atoms with E-state index in [-0.39, 0.29) is 0 Å². The molecule has 0 aliphatic heterocycles. The number of hydrogen-bond acceptors (Lipinski definition) is 4. The van der Waals surface area contributed by atoms with Gasteiger partial charge in [0.2, 0.25) is 0 Å². The Morgan fingerprint density at radius 3 is 2.50 bits per heavy atom. The molecule has 5 nitrogen and oxygen atoms in total. The van der Waals surface area contributed by atoms with Gasteiger partial charge in [-0.05, 0) is 62.6 Å². The molecule has 0 unspecified atom stereocenters. The third kappa shape index (κ3) is 3.26. The molecule has 6 heteroatoms. The van der Waals surface area contributed by atoms with E-state index in [1.54, 1.807) is 7.11 Å². The molecule has 2 fully saturated rings. The summed E-state index contributed by atoms with van der Waals surface area (Å²) < 4.78 is 10.4. The predicted octanol–water partition coefficient (Wildman–Crippen LogP) is 3.72. The van der Waals surface area contributed by atoms with E-state index in [1.807, 2.05) is 16.8 Å². The topological polar surface area (TPSA) is 35.2 Å². The maximum absolute atomic E-state index is 5.71. The third-order valence-electron chi connectivity index (χ3n) is 4.74. The molecule has 2 aromatic rings. The fraction of sp³-hybridized carbons (Fsp3) is 0.556. The van der Waals surface area contributed by atoms with Crippen molar-refractivity contribution in [1.82, 2.24) is 19.2 Å². The quantitative estimate of drug-likeness (QED) is 0.717. The Morgan fingerprint density at radius 2 is 1.92 bits per heavy atom. The molecule has 0 spiro atoms. The number of rotatable bonds is 7. The second kappa shape index (κ2) is 6.33. The number of nitrogens with zero attached hydrogens (tertiary/aromatic N) is 4. The molecular weight excluding hydrogens is 320 g/mol. The van der Waals surface area contributed by atoms with Crippen LogP contribution >= 0.6 is 12.2 Å². The first-order valence-corrected chi connectivity index (χ1v) is 9.07. The predicted molar refractivity (Wildman–Crippen MR) is 95.8 cm³/mol. The van der Waals surface area contributed by atoms with E-state index < -0.39 is 0 Å². The molecule has 1 heterocycles. The van der Waals surface area contributed by atoms with E-state index >= 15 is 0 Å². The van der Waals surface area contributed by atoms with E-state index in [0.29, 0.717) is 12.0 Å². The monoisotopic (exact) mass is 344 g/mol. The molecule has 2 aliphatic carbocycles. The van der Waals surface area contributed by atoms with Crippen LogP contribution in [0.4, 0.5) is 0 Å². The number of aromatic nitrogens is 3. The maximum atomic E-state index is 5.71. The molecule has 0 bridgehead atoms. The van der Waals surface area contributed by atoms with Crippen LogP contribution in [0, 0.1) is 4.77 Å². The Labute approximate surface area is 147 Å². The van der Waals surface area contributed by atoms with Gasteiger partial charge in [-0.15, -0.1) is 0 Å². The highest BCUT2D eigenvalue weighted by Gasteiger charge is 2.35. The van der Waals surface area contributed by atoms with Crippen LogP contribution in [0.15, 0.2) is 24.3 Å². The minimum atomic E-state index is 0.605. The Hall–Kier alpha value is -1.66. The fourth-order valence-corrected chi connectivity index (χ4v) is 3.49. The van der Waals surface area contributed by atoms with Crippen molar-refractivity contribution < 1.29 is 4.74 Å². The Kier molecular flexibility index (Phi) is 4.18. The Bertz CT molecular complexity index is 771. The highest BCUT2D eigenvalue weighted by atomic mass is 32.1. The van der Waals surface area contributed by atoms with Gasteiger partial charge in [-0.3, -0.25) is 4.90 Å². The summed E-state index contributed by atoms with van der Waals surface area (Å²) in [7, 11) is 3.80. The lowest BCUT2D eigenvalue weighted by Crippen LogP contribution is -2.22. The number of benzene rings is 1. The van der Waals surface area contributed by atoms with Gasteiger partial charge in [0.15, 0.2) is 4.77 Å². The summed E-state index contributed by atoms with van der Waals surface area (Å²) in [6.45, 7) is 1.59. The summed E-state index contributed by atoms with van der Waals surface area (Å²) in [5.41, 5.74) is 1.26.